The van der Waals surface area contributed by atoms with Crippen molar-refractivity contribution in [3.63, 3.8) is 0 Å². The fourth-order valence-corrected chi connectivity index (χ4v) is 2.00. The SMILES string of the molecule is CN(C)CCCC(CCCN(C)C)C(O)C[O]. The molecule has 4 nitrogen and oxygen atoms in total. The molecule has 0 aliphatic rings. The first-order chi connectivity index (χ1) is 7.97. The van der Waals surface area contributed by atoms with Crippen molar-refractivity contribution < 1.29 is 10.2 Å². The lowest BCUT2D eigenvalue weighted by Gasteiger charge is -2.22. The van der Waals surface area contributed by atoms with Gasteiger partial charge in [0.25, 0.3) is 0 Å². The quantitative estimate of drug-likeness (QED) is 0.626. The highest BCUT2D eigenvalue weighted by Gasteiger charge is 2.18. The van der Waals surface area contributed by atoms with E-state index >= 15 is 0 Å². The number of rotatable bonds is 10. The average Bonchev–Trinajstić information content (AvgIpc) is 2.25. The first-order valence-electron chi connectivity index (χ1n) is 6.53. The van der Waals surface area contributed by atoms with E-state index in [0.29, 0.717) is 0 Å². The molecule has 0 amide bonds. The molecule has 0 saturated heterocycles. The zero-order valence-electron chi connectivity index (χ0n) is 11.9. The summed E-state index contributed by atoms with van der Waals surface area (Å²) in [5, 5.41) is 20.5. The topological polar surface area (TPSA) is 46.6 Å². The van der Waals surface area contributed by atoms with Crippen LogP contribution in [-0.2, 0) is 5.11 Å². The summed E-state index contributed by atoms with van der Waals surface area (Å²) in [7, 11) is 8.19. The molecule has 0 aromatic carbocycles. The van der Waals surface area contributed by atoms with Gasteiger partial charge in [-0.3, -0.25) is 0 Å². The van der Waals surface area contributed by atoms with Crippen molar-refractivity contribution in [1.29, 1.82) is 0 Å². The summed E-state index contributed by atoms with van der Waals surface area (Å²) in [5.74, 6) is 0.174. The standard InChI is InChI=1S/C13H29N2O2/c1-14(2)9-5-7-12(13(17)11-16)8-6-10-15(3)4/h12-13,17H,5-11H2,1-4H3. The Bertz CT molecular complexity index is 161. The van der Waals surface area contributed by atoms with Gasteiger partial charge in [-0.25, -0.2) is 5.11 Å². The van der Waals surface area contributed by atoms with Gasteiger partial charge in [0, 0.05) is 0 Å². The minimum absolute atomic E-state index is 0.174. The van der Waals surface area contributed by atoms with Crippen molar-refractivity contribution in [3.05, 3.63) is 0 Å². The zero-order chi connectivity index (χ0) is 13.3. The van der Waals surface area contributed by atoms with Gasteiger partial charge in [0.15, 0.2) is 0 Å². The van der Waals surface area contributed by atoms with Crippen LogP contribution in [0.5, 0.6) is 0 Å². The molecule has 1 atom stereocenters. The lowest BCUT2D eigenvalue weighted by Crippen LogP contribution is -2.26. The maximum Gasteiger partial charge on any atom is 0.108 e. The third-order valence-electron chi connectivity index (χ3n) is 3.08. The predicted octanol–water partition coefficient (Wildman–Crippen LogP) is 1.08. The molecule has 0 fully saturated rings. The molecule has 4 heteroatoms. The predicted molar refractivity (Wildman–Crippen MR) is 70.6 cm³/mol. The molecule has 0 aromatic rings. The van der Waals surface area contributed by atoms with Gasteiger partial charge in [0.1, 0.15) is 6.61 Å². The van der Waals surface area contributed by atoms with Crippen molar-refractivity contribution in [2.45, 2.75) is 31.8 Å². The maximum atomic E-state index is 10.8. The first-order valence-corrected chi connectivity index (χ1v) is 6.53. The molecule has 17 heavy (non-hydrogen) atoms. The number of nitrogens with zero attached hydrogens (tertiary/aromatic N) is 2. The van der Waals surface area contributed by atoms with Crippen LogP contribution in [0.3, 0.4) is 0 Å². The smallest absolute Gasteiger partial charge is 0.108 e. The summed E-state index contributed by atoms with van der Waals surface area (Å²) in [5.41, 5.74) is 0. The summed E-state index contributed by atoms with van der Waals surface area (Å²) >= 11 is 0. The second-order valence-corrected chi connectivity index (χ2v) is 5.39. The van der Waals surface area contributed by atoms with Gasteiger partial charge in [0.05, 0.1) is 6.10 Å². The van der Waals surface area contributed by atoms with Crippen LogP contribution in [0.15, 0.2) is 0 Å². The Balaban J connectivity index is 3.88. The summed E-state index contributed by atoms with van der Waals surface area (Å²) in [6.45, 7) is 1.68. The monoisotopic (exact) mass is 245 g/mol. The van der Waals surface area contributed by atoms with Crippen molar-refractivity contribution in [3.8, 4) is 0 Å². The molecule has 0 aromatic heterocycles. The number of hydrogen-bond donors (Lipinski definition) is 1. The molecular weight excluding hydrogens is 216 g/mol. The Morgan fingerprint density at radius 3 is 1.65 bits per heavy atom. The summed E-state index contributed by atoms with van der Waals surface area (Å²) in [4.78, 5) is 4.28. The van der Waals surface area contributed by atoms with Gasteiger partial charge in [-0.05, 0) is 72.9 Å². The molecule has 0 spiro atoms. The Kier molecular flexibility index (Phi) is 9.74. The Morgan fingerprint density at radius 1 is 0.941 bits per heavy atom. The van der Waals surface area contributed by atoms with E-state index < -0.39 is 6.10 Å². The highest BCUT2D eigenvalue weighted by molar-refractivity contribution is 4.69. The molecule has 0 aliphatic heterocycles. The van der Waals surface area contributed by atoms with Crippen LogP contribution in [-0.4, -0.2) is 68.9 Å². The number of aliphatic hydroxyl groups excluding tert-OH is 1. The molecule has 1 N–H and O–H groups in total. The largest absolute Gasteiger partial charge is 0.390 e. The summed E-state index contributed by atoms with van der Waals surface area (Å²) in [6, 6.07) is 0. The zero-order valence-corrected chi connectivity index (χ0v) is 11.9. The van der Waals surface area contributed by atoms with Crippen LogP contribution in [0.4, 0.5) is 0 Å². The lowest BCUT2D eigenvalue weighted by molar-refractivity contribution is 0.00945. The number of aliphatic hydroxyl groups is 1. The normalized spacial score (nSPS) is 13.9. The van der Waals surface area contributed by atoms with Crippen LogP contribution in [0, 0.1) is 5.92 Å². The van der Waals surface area contributed by atoms with E-state index in [2.05, 4.69) is 9.80 Å². The van der Waals surface area contributed by atoms with Gasteiger partial charge in [0.2, 0.25) is 0 Å². The van der Waals surface area contributed by atoms with Crippen molar-refractivity contribution >= 4 is 0 Å². The number of hydrogen-bond acceptors (Lipinski definition) is 3. The third-order valence-corrected chi connectivity index (χ3v) is 3.08. The van der Waals surface area contributed by atoms with E-state index in [1.165, 1.54) is 0 Å². The van der Waals surface area contributed by atoms with Crippen LogP contribution in [0.2, 0.25) is 0 Å². The van der Waals surface area contributed by atoms with E-state index in [1.807, 2.05) is 28.2 Å². The molecule has 0 aliphatic carbocycles. The fraction of sp³-hybridized carbons (Fsp3) is 1.00. The van der Waals surface area contributed by atoms with Gasteiger partial charge in [-0.2, -0.15) is 0 Å². The maximum absolute atomic E-state index is 10.8. The molecule has 103 valence electrons. The van der Waals surface area contributed by atoms with Crippen molar-refractivity contribution in [1.82, 2.24) is 9.80 Å². The molecule has 1 radical (unpaired) electrons. The van der Waals surface area contributed by atoms with Gasteiger partial charge >= 0.3 is 0 Å². The minimum atomic E-state index is -0.667. The van der Waals surface area contributed by atoms with E-state index in [-0.39, 0.29) is 12.5 Å². The van der Waals surface area contributed by atoms with Crippen LogP contribution < -0.4 is 0 Å². The average molecular weight is 245 g/mol. The van der Waals surface area contributed by atoms with E-state index in [0.717, 1.165) is 38.8 Å². The Hall–Kier alpha value is -0.160. The van der Waals surface area contributed by atoms with Crippen LogP contribution in [0.1, 0.15) is 25.7 Å². The van der Waals surface area contributed by atoms with Crippen LogP contribution in [0.25, 0.3) is 0 Å². The molecular formula is C13H29N2O2. The molecule has 0 rings (SSSR count). The highest BCUT2D eigenvalue weighted by Crippen LogP contribution is 2.18. The first kappa shape index (κ1) is 16.8. The molecule has 1 unspecified atom stereocenters. The second-order valence-electron chi connectivity index (χ2n) is 5.39. The molecule has 0 bridgehead atoms. The van der Waals surface area contributed by atoms with E-state index in [4.69, 9.17) is 0 Å². The minimum Gasteiger partial charge on any atom is -0.390 e. The highest BCUT2D eigenvalue weighted by atomic mass is 16.3. The van der Waals surface area contributed by atoms with Gasteiger partial charge in [-0.15, -0.1) is 0 Å². The Labute approximate surface area is 106 Å². The lowest BCUT2D eigenvalue weighted by atomic mass is 9.92. The molecule has 0 saturated carbocycles. The van der Waals surface area contributed by atoms with E-state index in [9.17, 15) is 10.2 Å². The third kappa shape index (κ3) is 9.53. The molecule has 0 heterocycles. The van der Waals surface area contributed by atoms with Crippen LogP contribution >= 0.6 is 0 Å². The second kappa shape index (κ2) is 9.83. The fourth-order valence-electron chi connectivity index (χ4n) is 2.00. The van der Waals surface area contributed by atoms with Gasteiger partial charge in [-0.1, -0.05) is 0 Å². The summed E-state index contributed by atoms with van der Waals surface area (Å²) < 4.78 is 0. The Morgan fingerprint density at radius 2 is 1.35 bits per heavy atom. The van der Waals surface area contributed by atoms with Crippen molar-refractivity contribution in [2.24, 2.45) is 5.92 Å². The van der Waals surface area contributed by atoms with E-state index in [1.54, 1.807) is 0 Å². The summed E-state index contributed by atoms with van der Waals surface area (Å²) in [6.07, 6.45) is 3.34. The van der Waals surface area contributed by atoms with Gasteiger partial charge < -0.3 is 14.9 Å². The van der Waals surface area contributed by atoms with Crippen molar-refractivity contribution in [2.75, 3.05) is 47.9 Å².